The molecule has 0 radical (unpaired) electrons. The minimum absolute atomic E-state index is 0.195. The number of aryl methyl sites for hydroxylation is 1. The monoisotopic (exact) mass is 299 g/mol. The molecule has 0 aliphatic heterocycles. The van der Waals surface area contributed by atoms with E-state index in [2.05, 4.69) is 11.9 Å². The molecule has 1 aromatic carbocycles. The molecule has 0 aliphatic carbocycles. The van der Waals surface area contributed by atoms with Crippen LogP contribution in [0.3, 0.4) is 0 Å². The molecule has 0 atom stereocenters. The lowest BCUT2D eigenvalue weighted by Crippen LogP contribution is -1.89. The van der Waals surface area contributed by atoms with Crippen molar-refractivity contribution in [2.75, 3.05) is 0 Å². The number of nitrogens with zero attached hydrogens (tertiary/aromatic N) is 1. The highest BCUT2D eigenvalue weighted by atomic mass is 16.5. The Hall–Kier alpha value is -2.03. The number of pyridine rings is 1. The number of rotatable bonds is 9. The molecule has 1 heterocycles. The molecule has 0 fully saturated rings. The summed E-state index contributed by atoms with van der Waals surface area (Å²) < 4.78 is 5.64. The lowest BCUT2D eigenvalue weighted by atomic mass is 10.0. The molecule has 2 rings (SSSR count). The van der Waals surface area contributed by atoms with E-state index in [0.717, 1.165) is 12.0 Å². The molecular formula is C19H25NO2. The van der Waals surface area contributed by atoms with Gasteiger partial charge in [0.15, 0.2) is 11.5 Å². The van der Waals surface area contributed by atoms with Gasteiger partial charge in [-0.2, -0.15) is 0 Å². The molecule has 1 aromatic heterocycles. The first kappa shape index (κ1) is 16.3. The van der Waals surface area contributed by atoms with E-state index in [1.807, 2.05) is 18.2 Å². The Morgan fingerprint density at radius 1 is 0.955 bits per heavy atom. The zero-order valence-corrected chi connectivity index (χ0v) is 13.3. The minimum atomic E-state index is 0.195. The molecule has 1 N–H and O–H groups in total. The van der Waals surface area contributed by atoms with E-state index in [1.165, 1.54) is 38.5 Å². The minimum Gasteiger partial charge on any atom is -0.504 e. The van der Waals surface area contributed by atoms with Gasteiger partial charge in [0, 0.05) is 12.4 Å². The quantitative estimate of drug-likeness (QED) is 0.623. The van der Waals surface area contributed by atoms with Gasteiger partial charge in [0.05, 0.1) is 0 Å². The number of unbranched alkanes of at least 4 members (excludes halogenated alkanes) is 5. The highest BCUT2D eigenvalue weighted by Crippen LogP contribution is 2.31. The van der Waals surface area contributed by atoms with Crippen molar-refractivity contribution in [3.05, 3.63) is 48.3 Å². The Morgan fingerprint density at radius 3 is 2.41 bits per heavy atom. The van der Waals surface area contributed by atoms with Crippen LogP contribution in [-0.2, 0) is 6.42 Å². The number of benzene rings is 1. The van der Waals surface area contributed by atoms with Crippen LogP contribution < -0.4 is 4.74 Å². The van der Waals surface area contributed by atoms with Gasteiger partial charge in [-0.25, -0.2) is 0 Å². The van der Waals surface area contributed by atoms with Crippen molar-refractivity contribution in [3.8, 4) is 17.2 Å². The predicted molar refractivity (Wildman–Crippen MR) is 89.5 cm³/mol. The zero-order valence-electron chi connectivity index (χ0n) is 13.3. The van der Waals surface area contributed by atoms with E-state index >= 15 is 0 Å². The van der Waals surface area contributed by atoms with Gasteiger partial charge in [-0.1, -0.05) is 45.1 Å². The Balaban J connectivity index is 1.82. The number of hydrogen-bond donors (Lipinski definition) is 1. The second kappa shape index (κ2) is 9.08. The van der Waals surface area contributed by atoms with Crippen molar-refractivity contribution >= 4 is 0 Å². The summed E-state index contributed by atoms with van der Waals surface area (Å²) in [4.78, 5) is 3.94. The molecule has 0 saturated heterocycles. The summed E-state index contributed by atoms with van der Waals surface area (Å²) in [6.07, 6.45) is 12.0. The summed E-state index contributed by atoms with van der Waals surface area (Å²) >= 11 is 0. The zero-order chi connectivity index (χ0) is 15.6. The van der Waals surface area contributed by atoms with E-state index in [4.69, 9.17) is 4.74 Å². The smallest absolute Gasteiger partial charge is 0.169 e. The Kier molecular flexibility index (Phi) is 6.75. The van der Waals surface area contributed by atoms with Crippen LogP contribution in [0.25, 0.3) is 0 Å². The molecule has 3 heteroatoms. The predicted octanol–water partition coefficient (Wildman–Crippen LogP) is 5.48. The third kappa shape index (κ3) is 5.40. The Bertz CT molecular complexity index is 555. The van der Waals surface area contributed by atoms with Gasteiger partial charge in [0.2, 0.25) is 0 Å². The van der Waals surface area contributed by atoms with Gasteiger partial charge < -0.3 is 9.84 Å². The van der Waals surface area contributed by atoms with Gasteiger partial charge in [-0.05, 0) is 42.7 Å². The summed E-state index contributed by atoms with van der Waals surface area (Å²) in [6, 6.07) is 9.21. The number of aromatic nitrogens is 1. The molecular weight excluding hydrogens is 274 g/mol. The lowest BCUT2D eigenvalue weighted by molar-refractivity contribution is 0.410. The van der Waals surface area contributed by atoms with Crippen LogP contribution in [0.4, 0.5) is 0 Å². The average Bonchev–Trinajstić information content (AvgIpc) is 2.54. The average molecular weight is 299 g/mol. The fraction of sp³-hybridized carbons (Fsp3) is 0.421. The van der Waals surface area contributed by atoms with Crippen LogP contribution in [0.15, 0.2) is 42.7 Å². The highest BCUT2D eigenvalue weighted by Gasteiger charge is 2.05. The SMILES string of the molecule is CCCCCCCCc1ccc(Oc2ccncc2)c(O)c1. The van der Waals surface area contributed by atoms with E-state index in [1.54, 1.807) is 24.5 Å². The Morgan fingerprint density at radius 2 is 1.68 bits per heavy atom. The maximum Gasteiger partial charge on any atom is 0.169 e. The number of aromatic hydroxyl groups is 1. The number of hydrogen-bond acceptors (Lipinski definition) is 3. The summed E-state index contributed by atoms with van der Waals surface area (Å²) in [5.74, 6) is 1.35. The van der Waals surface area contributed by atoms with Crippen LogP contribution >= 0.6 is 0 Å². The summed E-state index contributed by atoms with van der Waals surface area (Å²) in [5, 5.41) is 10.1. The molecule has 0 saturated carbocycles. The van der Waals surface area contributed by atoms with Crippen molar-refractivity contribution in [2.24, 2.45) is 0 Å². The van der Waals surface area contributed by atoms with E-state index < -0.39 is 0 Å². The second-order valence-corrected chi connectivity index (χ2v) is 5.60. The van der Waals surface area contributed by atoms with Crippen LogP contribution in [0.2, 0.25) is 0 Å². The number of phenolic OH excluding ortho intramolecular Hbond substituents is 1. The first-order valence-electron chi connectivity index (χ1n) is 8.19. The van der Waals surface area contributed by atoms with Gasteiger partial charge >= 0.3 is 0 Å². The fourth-order valence-corrected chi connectivity index (χ4v) is 2.45. The van der Waals surface area contributed by atoms with Crippen molar-refractivity contribution in [2.45, 2.75) is 51.9 Å². The first-order valence-corrected chi connectivity index (χ1v) is 8.19. The summed E-state index contributed by atoms with van der Waals surface area (Å²) in [6.45, 7) is 2.23. The van der Waals surface area contributed by atoms with Crippen molar-refractivity contribution in [1.82, 2.24) is 4.98 Å². The Labute approximate surface area is 133 Å². The molecule has 0 spiro atoms. The molecule has 22 heavy (non-hydrogen) atoms. The molecule has 118 valence electrons. The van der Waals surface area contributed by atoms with E-state index in [0.29, 0.717) is 11.5 Å². The number of ether oxygens (including phenoxy) is 1. The van der Waals surface area contributed by atoms with Crippen LogP contribution in [0, 0.1) is 0 Å². The van der Waals surface area contributed by atoms with Crippen LogP contribution in [0.5, 0.6) is 17.2 Å². The van der Waals surface area contributed by atoms with Crippen LogP contribution in [-0.4, -0.2) is 10.1 Å². The summed E-state index contributed by atoms with van der Waals surface area (Å²) in [5.41, 5.74) is 1.16. The maximum absolute atomic E-state index is 10.1. The third-order valence-electron chi connectivity index (χ3n) is 3.72. The lowest BCUT2D eigenvalue weighted by Gasteiger charge is -2.09. The normalized spacial score (nSPS) is 10.6. The molecule has 0 unspecified atom stereocenters. The molecule has 0 aliphatic rings. The molecule has 0 bridgehead atoms. The largest absolute Gasteiger partial charge is 0.504 e. The number of phenols is 1. The third-order valence-corrected chi connectivity index (χ3v) is 3.72. The maximum atomic E-state index is 10.1. The van der Waals surface area contributed by atoms with Crippen molar-refractivity contribution < 1.29 is 9.84 Å². The van der Waals surface area contributed by atoms with Gasteiger partial charge in [0.1, 0.15) is 5.75 Å². The van der Waals surface area contributed by atoms with Crippen LogP contribution in [0.1, 0.15) is 51.0 Å². The van der Waals surface area contributed by atoms with Crippen molar-refractivity contribution in [3.63, 3.8) is 0 Å². The standard InChI is InChI=1S/C19H25NO2/c1-2-3-4-5-6-7-8-16-9-10-19(18(21)15-16)22-17-11-13-20-14-12-17/h9-15,21H,2-8H2,1H3. The fourth-order valence-electron chi connectivity index (χ4n) is 2.45. The van der Waals surface area contributed by atoms with E-state index in [-0.39, 0.29) is 5.75 Å². The second-order valence-electron chi connectivity index (χ2n) is 5.60. The van der Waals surface area contributed by atoms with Gasteiger partial charge in [-0.15, -0.1) is 0 Å². The molecule has 0 amide bonds. The van der Waals surface area contributed by atoms with Gasteiger partial charge in [-0.3, -0.25) is 4.98 Å². The highest BCUT2D eigenvalue weighted by molar-refractivity contribution is 5.44. The topological polar surface area (TPSA) is 42.4 Å². The molecule has 2 aromatic rings. The van der Waals surface area contributed by atoms with Gasteiger partial charge in [0.25, 0.3) is 0 Å². The molecule has 3 nitrogen and oxygen atoms in total. The van der Waals surface area contributed by atoms with E-state index in [9.17, 15) is 5.11 Å². The first-order chi connectivity index (χ1) is 10.8. The van der Waals surface area contributed by atoms with Crippen molar-refractivity contribution in [1.29, 1.82) is 0 Å². The summed E-state index contributed by atoms with van der Waals surface area (Å²) in [7, 11) is 0.